The monoisotopic (exact) mass is 439 g/mol. The summed E-state index contributed by atoms with van der Waals surface area (Å²) in [6.45, 7) is 1.11. The van der Waals surface area contributed by atoms with Gasteiger partial charge < -0.3 is 10.1 Å². The molecule has 8 heteroatoms. The van der Waals surface area contributed by atoms with E-state index in [1.165, 1.54) is 22.9 Å². The summed E-state index contributed by atoms with van der Waals surface area (Å²) < 4.78 is 49.1. The van der Waals surface area contributed by atoms with Gasteiger partial charge >= 0.3 is 6.30 Å². The highest BCUT2D eigenvalue weighted by Gasteiger charge is 2.37. The first kappa shape index (κ1) is 20.4. The van der Waals surface area contributed by atoms with Gasteiger partial charge in [0.15, 0.2) is 0 Å². The van der Waals surface area contributed by atoms with Crippen LogP contribution in [0.3, 0.4) is 0 Å². The number of hydrogen-bond donors (Lipinski definition) is 1. The van der Waals surface area contributed by atoms with Crippen LogP contribution in [0.1, 0.15) is 16.8 Å². The average Bonchev–Trinajstić information content (AvgIpc) is 3.12. The summed E-state index contributed by atoms with van der Waals surface area (Å²) in [5, 5.41) is 3.58. The summed E-state index contributed by atoms with van der Waals surface area (Å²) in [7, 11) is 0. The number of nitrogens with one attached hydrogen (secondary N) is 1. The number of nitrogens with zero attached hydrogens (tertiary/aromatic N) is 2. The van der Waals surface area contributed by atoms with Crippen molar-refractivity contribution < 1.29 is 17.9 Å². The number of rotatable bonds is 4. The molecule has 0 fully saturated rings. The zero-order chi connectivity index (χ0) is 22.3. The predicted octanol–water partition coefficient (Wildman–Crippen LogP) is 4.49. The molecule has 0 saturated carbocycles. The SMILES string of the molecule is O=c1cc(OCc2ccccc2)ccn1-c1ccc2c3c(n(C(F)(F)F)c2c1)CNCC3. The molecule has 1 N–H and O–H groups in total. The molecule has 3 heterocycles. The molecule has 32 heavy (non-hydrogen) atoms. The number of benzene rings is 2. The molecular formula is C24H20F3N3O2. The first-order valence-electron chi connectivity index (χ1n) is 10.3. The Hall–Kier alpha value is -3.52. The van der Waals surface area contributed by atoms with Gasteiger partial charge in [-0.25, -0.2) is 0 Å². The minimum atomic E-state index is -4.55. The van der Waals surface area contributed by atoms with Gasteiger partial charge in [-0.15, -0.1) is 13.2 Å². The second kappa shape index (κ2) is 7.87. The van der Waals surface area contributed by atoms with Gasteiger partial charge in [0.25, 0.3) is 5.56 Å². The van der Waals surface area contributed by atoms with Crippen molar-refractivity contribution in [3.8, 4) is 11.4 Å². The van der Waals surface area contributed by atoms with Gasteiger partial charge in [0, 0.05) is 29.9 Å². The van der Waals surface area contributed by atoms with Crippen molar-refractivity contribution in [2.45, 2.75) is 25.9 Å². The Balaban J connectivity index is 1.51. The summed E-state index contributed by atoms with van der Waals surface area (Å²) in [5.41, 5.74) is 1.94. The topological polar surface area (TPSA) is 48.2 Å². The highest BCUT2D eigenvalue weighted by Crippen LogP contribution is 2.37. The van der Waals surface area contributed by atoms with Gasteiger partial charge in [-0.05, 0) is 42.3 Å². The van der Waals surface area contributed by atoms with Crippen molar-refractivity contribution in [1.29, 1.82) is 0 Å². The molecule has 1 aliphatic rings. The minimum Gasteiger partial charge on any atom is -0.489 e. The zero-order valence-corrected chi connectivity index (χ0v) is 17.0. The fraction of sp³-hybridized carbons (Fsp3) is 0.208. The lowest BCUT2D eigenvalue weighted by Gasteiger charge is -2.18. The number of ether oxygens (including phenoxy) is 1. The second-order valence-corrected chi connectivity index (χ2v) is 7.70. The van der Waals surface area contributed by atoms with E-state index in [2.05, 4.69) is 5.32 Å². The Morgan fingerprint density at radius 3 is 2.59 bits per heavy atom. The van der Waals surface area contributed by atoms with Gasteiger partial charge in [-0.3, -0.25) is 13.9 Å². The molecule has 0 amide bonds. The molecule has 0 aliphatic carbocycles. The molecule has 0 atom stereocenters. The number of fused-ring (bicyclic) bond motifs is 3. The Labute approximate surface area is 181 Å². The maximum Gasteiger partial charge on any atom is 0.489 e. The lowest BCUT2D eigenvalue weighted by Crippen LogP contribution is -2.28. The normalized spacial score (nSPS) is 13.8. The number of alkyl halides is 3. The van der Waals surface area contributed by atoms with E-state index < -0.39 is 6.30 Å². The third-order valence-electron chi connectivity index (χ3n) is 5.68. The summed E-state index contributed by atoms with van der Waals surface area (Å²) in [4.78, 5) is 12.7. The van der Waals surface area contributed by atoms with Crippen molar-refractivity contribution >= 4 is 10.9 Å². The molecule has 1 aliphatic heterocycles. The fourth-order valence-electron chi connectivity index (χ4n) is 4.23. The van der Waals surface area contributed by atoms with Crippen molar-refractivity contribution in [3.63, 3.8) is 0 Å². The Bertz CT molecular complexity index is 1340. The standard InChI is InChI=1S/C24H20F3N3O2/c25-24(26,27)30-21-12-17(6-7-19(21)20-8-10-28-14-22(20)30)29-11-9-18(13-23(29)31)32-15-16-4-2-1-3-5-16/h1-7,9,11-13,28H,8,10,14-15H2. The van der Waals surface area contributed by atoms with Crippen LogP contribution < -0.4 is 15.6 Å². The van der Waals surface area contributed by atoms with E-state index in [0.717, 1.165) is 5.56 Å². The molecule has 4 aromatic rings. The largest absolute Gasteiger partial charge is 0.489 e. The van der Waals surface area contributed by atoms with Gasteiger partial charge in [-0.2, -0.15) is 0 Å². The minimum absolute atomic E-state index is 0.0556. The van der Waals surface area contributed by atoms with E-state index >= 15 is 0 Å². The predicted molar refractivity (Wildman–Crippen MR) is 115 cm³/mol. The lowest BCUT2D eigenvalue weighted by atomic mass is 10.0. The molecule has 164 valence electrons. The molecule has 0 saturated heterocycles. The van der Waals surface area contributed by atoms with Gasteiger partial charge in [0.05, 0.1) is 11.2 Å². The highest BCUT2D eigenvalue weighted by atomic mass is 19.4. The van der Waals surface area contributed by atoms with Crippen LogP contribution in [0.15, 0.2) is 71.7 Å². The second-order valence-electron chi connectivity index (χ2n) is 7.70. The lowest BCUT2D eigenvalue weighted by molar-refractivity contribution is -0.202. The van der Waals surface area contributed by atoms with Gasteiger partial charge in [0.1, 0.15) is 12.4 Å². The first-order chi connectivity index (χ1) is 15.4. The summed E-state index contributed by atoms with van der Waals surface area (Å²) >= 11 is 0. The van der Waals surface area contributed by atoms with Crippen LogP contribution in [-0.2, 0) is 25.9 Å². The number of aromatic nitrogens is 2. The van der Waals surface area contributed by atoms with Crippen LogP contribution in [0, 0.1) is 0 Å². The summed E-state index contributed by atoms with van der Waals surface area (Å²) in [6.07, 6.45) is -2.50. The smallest absolute Gasteiger partial charge is 0.489 e. The van der Waals surface area contributed by atoms with Crippen molar-refractivity contribution in [2.75, 3.05) is 6.54 Å². The third kappa shape index (κ3) is 3.67. The van der Waals surface area contributed by atoms with Crippen LogP contribution >= 0.6 is 0 Å². The first-order valence-corrected chi connectivity index (χ1v) is 10.3. The van der Waals surface area contributed by atoms with Crippen molar-refractivity contribution in [1.82, 2.24) is 14.5 Å². The van der Waals surface area contributed by atoms with Crippen LogP contribution in [-0.4, -0.2) is 15.7 Å². The maximum absolute atomic E-state index is 13.9. The number of halogens is 3. The van der Waals surface area contributed by atoms with E-state index in [9.17, 15) is 18.0 Å². The van der Waals surface area contributed by atoms with E-state index in [-0.39, 0.29) is 23.3 Å². The van der Waals surface area contributed by atoms with Crippen LogP contribution in [0.4, 0.5) is 13.2 Å². The number of pyridine rings is 1. The molecule has 5 rings (SSSR count). The average molecular weight is 439 g/mol. The molecule has 0 spiro atoms. The summed E-state index contributed by atoms with van der Waals surface area (Å²) in [5.74, 6) is 0.399. The van der Waals surface area contributed by atoms with E-state index in [1.54, 1.807) is 18.2 Å². The zero-order valence-electron chi connectivity index (χ0n) is 17.0. The van der Waals surface area contributed by atoms with Crippen LogP contribution in [0.2, 0.25) is 0 Å². The third-order valence-corrected chi connectivity index (χ3v) is 5.68. The Kier molecular flexibility index (Phi) is 5.01. The van der Waals surface area contributed by atoms with Crippen molar-refractivity contribution in [2.24, 2.45) is 0 Å². The van der Waals surface area contributed by atoms with E-state index in [4.69, 9.17) is 4.74 Å². The van der Waals surface area contributed by atoms with Gasteiger partial charge in [0.2, 0.25) is 0 Å². The molecule has 0 radical (unpaired) electrons. The molecule has 5 nitrogen and oxygen atoms in total. The van der Waals surface area contributed by atoms with Crippen molar-refractivity contribution in [3.05, 3.63) is 94.0 Å². The molecule has 0 unspecified atom stereocenters. The van der Waals surface area contributed by atoms with Crippen LogP contribution in [0.25, 0.3) is 16.6 Å². The molecular weight excluding hydrogens is 419 g/mol. The molecule has 2 aromatic heterocycles. The summed E-state index contributed by atoms with van der Waals surface area (Å²) in [6, 6.07) is 17.3. The van der Waals surface area contributed by atoms with E-state index in [1.807, 2.05) is 30.3 Å². The highest BCUT2D eigenvalue weighted by molar-refractivity contribution is 5.87. The fourth-order valence-corrected chi connectivity index (χ4v) is 4.23. The van der Waals surface area contributed by atoms with Gasteiger partial charge in [-0.1, -0.05) is 36.4 Å². The van der Waals surface area contributed by atoms with Crippen LogP contribution in [0.5, 0.6) is 5.75 Å². The molecule has 2 aromatic carbocycles. The molecule has 0 bridgehead atoms. The maximum atomic E-state index is 13.9. The Morgan fingerprint density at radius 2 is 1.84 bits per heavy atom. The number of hydrogen-bond acceptors (Lipinski definition) is 3. The van der Waals surface area contributed by atoms with E-state index in [0.29, 0.717) is 46.5 Å². The quantitative estimate of drug-likeness (QED) is 0.510. The Morgan fingerprint density at radius 1 is 1.03 bits per heavy atom.